The van der Waals surface area contributed by atoms with E-state index in [9.17, 15) is 19.5 Å². The fourth-order valence-electron chi connectivity index (χ4n) is 4.16. The summed E-state index contributed by atoms with van der Waals surface area (Å²) in [5.41, 5.74) is 1.76. The first-order valence-electron chi connectivity index (χ1n) is 11.3. The van der Waals surface area contributed by atoms with Crippen molar-refractivity contribution in [3.05, 3.63) is 69.1 Å². The summed E-state index contributed by atoms with van der Waals surface area (Å²) >= 11 is 0. The van der Waals surface area contributed by atoms with Crippen LogP contribution < -0.4 is 10.9 Å². The van der Waals surface area contributed by atoms with Crippen molar-refractivity contribution in [3.8, 4) is 0 Å². The number of fused-ring (bicyclic) bond motifs is 1. The summed E-state index contributed by atoms with van der Waals surface area (Å²) in [5.74, 6) is -0.435. The molecule has 0 saturated heterocycles. The first-order chi connectivity index (χ1) is 15.3. The van der Waals surface area contributed by atoms with Crippen LogP contribution in [0.3, 0.4) is 0 Å². The number of nitrogens with zero attached hydrogens (tertiary/aromatic N) is 2. The van der Waals surface area contributed by atoms with Gasteiger partial charge in [-0.1, -0.05) is 30.3 Å². The molecule has 170 valence electrons. The van der Waals surface area contributed by atoms with Crippen LogP contribution in [-0.2, 0) is 30.7 Å². The van der Waals surface area contributed by atoms with Gasteiger partial charge in [-0.3, -0.25) is 14.4 Å². The molecule has 1 fully saturated rings. The molecule has 2 aromatic rings. The van der Waals surface area contributed by atoms with Crippen molar-refractivity contribution in [3.63, 3.8) is 0 Å². The molecule has 32 heavy (non-hydrogen) atoms. The fourth-order valence-corrected chi connectivity index (χ4v) is 4.16. The van der Waals surface area contributed by atoms with Gasteiger partial charge in [-0.25, -0.2) is 0 Å². The Kier molecular flexibility index (Phi) is 6.20. The van der Waals surface area contributed by atoms with E-state index in [1.165, 1.54) is 0 Å². The number of pyridine rings is 1. The smallest absolute Gasteiger partial charge is 0.263 e. The summed E-state index contributed by atoms with van der Waals surface area (Å²) in [6.45, 7) is 4.41. The van der Waals surface area contributed by atoms with Gasteiger partial charge in [0.1, 0.15) is 5.56 Å². The molecule has 7 nitrogen and oxygen atoms in total. The van der Waals surface area contributed by atoms with E-state index in [2.05, 4.69) is 5.32 Å². The van der Waals surface area contributed by atoms with Crippen molar-refractivity contribution in [2.24, 2.45) is 5.41 Å². The molecule has 0 radical (unpaired) electrons. The van der Waals surface area contributed by atoms with Crippen molar-refractivity contribution in [2.75, 3.05) is 13.2 Å². The number of aromatic nitrogens is 1. The third kappa shape index (κ3) is 4.63. The van der Waals surface area contributed by atoms with Crippen molar-refractivity contribution in [2.45, 2.75) is 58.7 Å². The highest BCUT2D eigenvalue weighted by molar-refractivity contribution is 5.96. The van der Waals surface area contributed by atoms with Crippen LogP contribution in [0.15, 0.2) is 41.3 Å². The zero-order valence-corrected chi connectivity index (χ0v) is 18.8. The number of carbonyl (C=O) groups excluding carboxylic acids is 2. The second kappa shape index (κ2) is 8.90. The molecule has 1 aromatic carbocycles. The lowest BCUT2D eigenvalue weighted by Crippen LogP contribution is -2.46. The monoisotopic (exact) mass is 437 g/mol. The number of nitrogens with one attached hydrogen (secondary N) is 1. The van der Waals surface area contributed by atoms with Gasteiger partial charge < -0.3 is 19.9 Å². The maximum absolute atomic E-state index is 13.3. The second-order valence-electron chi connectivity index (χ2n) is 9.51. The Labute approximate surface area is 188 Å². The minimum absolute atomic E-state index is 0.128. The third-order valence-electron chi connectivity index (χ3n) is 6.35. The van der Waals surface area contributed by atoms with Crippen LogP contribution in [0, 0.1) is 5.41 Å². The predicted octanol–water partition coefficient (Wildman–Crippen LogP) is 1.89. The minimum atomic E-state index is -0.870. The number of hydrogen-bond donors (Lipinski definition) is 2. The van der Waals surface area contributed by atoms with Crippen LogP contribution in [0.4, 0.5) is 0 Å². The lowest BCUT2D eigenvalue weighted by atomic mass is 9.90. The lowest BCUT2D eigenvalue weighted by Gasteiger charge is -2.35. The molecule has 1 aliphatic heterocycles. The standard InChI is InChI=1S/C25H31N3O4/c1-25(2,16-29)24(32)28-13-11-20-18(15-28)14-27(12-10-17-6-4-3-5-7-17)23(31)21(20)22(30)26-19-8-9-19/h3-7,14,19,29H,8-13,15-16H2,1-2H3,(H,26,30). The molecule has 0 unspecified atom stereocenters. The minimum Gasteiger partial charge on any atom is -0.395 e. The van der Waals surface area contributed by atoms with E-state index in [0.717, 1.165) is 29.5 Å². The van der Waals surface area contributed by atoms with Crippen molar-refractivity contribution in [1.82, 2.24) is 14.8 Å². The van der Waals surface area contributed by atoms with Gasteiger partial charge in [0.05, 0.1) is 12.0 Å². The number of aliphatic hydroxyl groups excluding tert-OH is 1. The molecule has 1 saturated carbocycles. The van der Waals surface area contributed by atoms with Gasteiger partial charge in [-0.2, -0.15) is 0 Å². The van der Waals surface area contributed by atoms with Crippen LogP contribution in [0.25, 0.3) is 0 Å². The average molecular weight is 438 g/mol. The fraction of sp³-hybridized carbons (Fsp3) is 0.480. The molecular formula is C25H31N3O4. The topological polar surface area (TPSA) is 91.6 Å². The maximum Gasteiger partial charge on any atom is 0.263 e. The number of aliphatic hydroxyl groups is 1. The third-order valence-corrected chi connectivity index (χ3v) is 6.35. The molecule has 1 aromatic heterocycles. The van der Waals surface area contributed by atoms with Gasteiger partial charge in [0, 0.05) is 31.9 Å². The first kappa shape index (κ1) is 22.3. The number of hydrogen-bond acceptors (Lipinski definition) is 4. The van der Waals surface area contributed by atoms with Crippen LogP contribution in [0.2, 0.25) is 0 Å². The number of amides is 2. The van der Waals surface area contributed by atoms with Crippen molar-refractivity contribution < 1.29 is 14.7 Å². The SMILES string of the molecule is CC(C)(CO)C(=O)N1CCc2c(cn(CCc3ccccc3)c(=O)c2C(=O)NC2CC2)C1. The number of carbonyl (C=O) groups is 2. The molecule has 4 rings (SSSR count). The highest BCUT2D eigenvalue weighted by atomic mass is 16.3. The molecule has 0 atom stereocenters. The molecular weight excluding hydrogens is 406 g/mol. The number of rotatable bonds is 7. The van der Waals surface area contributed by atoms with E-state index in [1.807, 2.05) is 30.3 Å². The molecule has 1 aliphatic carbocycles. The van der Waals surface area contributed by atoms with Crippen molar-refractivity contribution >= 4 is 11.8 Å². The van der Waals surface area contributed by atoms with E-state index in [0.29, 0.717) is 32.5 Å². The van der Waals surface area contributed by atoms with E-state index in [4.69, 9.17) is 0 Å². The first-order valence-corrected chi connectivity index (χ1v) is 11.3. The number of benzene rings is 1. The van der Waals surface area contributed by atoms with Gasteiger partial charge >= 0.3 is 0 Å². The van der Waals surface area contributed by atoms with Crippen molar-refractivity contribution in [1.29, 1.82) is 0 Å². The predicted molar refractivity (Wildman–Crippen MR) is 121 cm³/mol. The largest absolute Gasteiger partial charge is 0.395 e. The van der Waals surface area contributed by atoms with Gasteiger partial charge in [0.15, 0.2) is 0 Å². The maximum atomic E-state index is 13.3. The van der Waals surface area contributed by atoms with Crippen LogP contribution in [-0.4, -0.2) is 45.6 Å². The summed E-state index contributed by atoms with van der Waals surface area (Å²) in [6.07, 6.45) is 4.82. The molecule has 0 spiro atoms. The normalized spacial score (nSPS) is 15.9. The molecule has 2 amide bonds. The zero-order valence-electron chi connectivity index (χ0n) is 18.8. The molecule has 2 N–H and O–H groups in total. The highest BCUT2D eigenvalue weighted by Gasteiger charge is 2.35. The number of aryl methyl sites for hydroxylation is 2. The average Bonchev–Trinajstić information content (AvgIpc) is 3.61. The summed E-state index contributed by atoms with van der Waals surface area (Å²) in [6, 6.07) is 10.1. The second-order valence-corrected chi connectivity index (χ2v) is 9.51. The van der Waals surface area contributed by atoms with Gasteiger partial charge in [0.25, 0.3) is 11.5 Å². The zero-order chi connectivity index (χ0) is 22.9. The summed E-state index contributed by atoms with van der Waals surface area (Å²) < 4.78 is 1.61. The Morgan fingerprint density at radius 3 is 2.56 bits per heavy atom. The van der Waals surface area contributed by atoms with Crippen LogP contribution in [0.5, 0.6) is 0 Å². The quantitative estimate of drug-likeness (QED) is 0.692. The highest BCUT2D eigenvalue weighted by Crippen LogP contribution is 2.26. The Bertz CT molecular complexity index is 1070. The van der Waals surface area contributed by atoms with E-state index < -0.39 is 5.41 Å². The van der Waals surface area contributed by atoms with Gasteiger partial charge in [-0.15, -0.1) is 0 Å². The molecule has 2 aliphatic rings. The Morgan fingerprint density at radius 2 is 1.91 bits per heavy atom. The summed E-state index contributed by atoms with van der Waals surface area (Å²) in [5, 5.41) is 12.6. The van der Waals surface area contributed by atoms with Crippen LogP contribution in [0.1, 0.15) is 53.7 Å². The summed E-state index contributed by atoms with van der Waals surface area (Å²) in [7, 11) is 0. The van der Waals surface area contributed by atoms with Gasteiger partial charge in [-0.05, 0) is 56.2 Å². The van der Waals surface area contributed by atoms with E-state index >= 15 is 0 Å². The van der Waals surface area contributed by atoms with Crippen LogP contribution >= 0.6 is 0 Å². The Balaban J connectivity index is 1.67. The lowest BCUT2D eigenvalue weighted by molar-refractivity contribution is -0.143. The molecule has 7 heteroatoms. The Hall–Kier alpha value is -2.93. The van der Waals surface area contributed by atoms with E-state index in [1.54, 1.807) is 29.5 Å². The summed E-state index contributed by atoms with van der Waals surface area (Å²) in [4.78, 5) is 40.9. The van der Waals surface area contributed by atoms with E-state index in [-0.39, 0.29) is 35.6 Å². The molecule has 2 heterocycles. The molecule has 0 bridgehead atoms. The Morgan fingerprint density at radius 1 is 1.19 bits per heavy atom. The van der Waals surface area contributed by atoms with Gasteiger partial charge in [0.2, 0.25) is 5.91 Å².